The summed E-state index contributed by atoms with van der Waals surface area (Å²) in [4.78, 5) is 17.6. The van der Waals surface area contributed by atoms with Crippen LogP contribution < -0.4 is 10.6 Å². The maximum Gasteiger partial charge on any atom is 0.269 e. The van der Waals surface area contributed by atoms with Gasteiger partial charge >= 0.3 is 0 Å². The van der Waals surface area contributed by atoms with Gasteiger partial charge in [0.2, 0.25) is 0 Å². The number of hydrogen-bond donors (Lipinski definition) is 3. The zero-order chi connectivity index (χ0) is 24.2. The van der Waals surface area contributed by atoms with Gasteiger partial charge in [-0.15, -0.1) is 0 Å². The molecule has 3 heterocycles. The number of hydrogen-bond acceptors (Lipinski definition) is 5. The highest BCUT2D eigenvalue weighted by atomic mass is 16.2. The van der Waals surface area contributed by atoms with Gasteiger partial charge in [-0.2, -0.15) is 10.2 Å². The zero-order valence-electron chi connectivity index (χ0n) is 21.2. The van der Waals surface area contributed by atoms with E-state index in [1.54, 1.807) is 10.8 Å². The summed E-state index contributed by atoms with van der Waals surface area (Å²) in [6.07, 6.45) is 10.2. The molecule has 1 fully saturated rings. The predicted molar refractivity (Wildman–Crippen MR) is 135 cm³/mol. The average molecular weight is 466 g/mol. The summed E-state index contributed by atoms with van der Waals surface area (Å²) < 4.78 is 1.76. The minimum Gasteiger partial charge on any atom is -0.348 e. The number of aromatic nitrogens is 5. The third-order valence-electron chi connectivity index (χ3n) is 7.35. The number of nitrogens with zero attached hydrogens (tertiary/aromatic N) is 4. The lowest BCUT2D eigenvalue weighted by molar-refractivity contribution is 0.0917. The molecule has 0 unspecified atom stereocenters. The molecule has 4 rings (SSSR count). The number of pyridine rings is 1. The summed E-state index contributed by atoms with van der Waals surface area (Å²) >= 11 is 0. The molecule has 3 N–H and O–H groups in total. The molecule has 0 spiro atoms. The van der Waals surface area contributed by atoms with Crippen molar-refractivity contribution in [2.45, 2.75) is 91.1 Å². The van der Waals surface area contributed by atoms with E-state index in [-0.39, 0.29) is 17.9 Å². The number of nitrogens with one attached hydrogen (secondary N) is 3. The molecule has 8 nitrogen and oxygen atoms in total. The van der Waals surface area contributed by atoms with Crippen LogP contribution >= 0.6 is 0 Å². The quantitative estimate of drug-likeness (QED) is 0.428. The first kappa shape index (κ1) is 24.4. The van der Waals surface area contributed by atoms with Crippen molar-refractivity contribution < 1.29 is 4.79 Å². The summed E-state index contributed by atoms with van der Waals surface area (Å²) in [5.74, 6) is 0.844. The Hall–Kier alpha value is -2.74. The fraction of sp³-hybridized carbons (Fsp3) is 0.615. The highest BCUT2D eigenvalue weighted by Gasteiger charge is 2.27. The summed E-state index contributed by atoms with van der Waals surface area (Å²) in [5.41, 5.74) is 5.09. The maximum atomic E-state index is 13.3. The van der Waals surface area contributed by atoms with Crippen LogP contribution in [0, 0.1) is 12.8 Å². The third kappa shape index (κ3) is 5.17. The summed E-state index contributed by atoms with van der Waals surface area (Å²) in [7, 11) is 0. The lowest BCUT2D eigenvalue weighted by Gasteiger charge is -2.30. The van der Waals surface area contributed by atoms with E-state index in [2.05, 4.69) is 64.7 Å². The van der Waals surface area contributed by atoms with Gasteiger partial charge in [0.25, 0.3) is 5.91 Å². The van der Waals surface area contributed by atoms with Gasteiger partial charge in [0.05, 0.1) is 5.69 Å². The number of fused-ring (bicyclic) bond motifs is 1. The first-order valence-electron chi connectivity index (χ1n) is 12.8. The Labute approximate surface area is 202 Å². The van der Waals surface area contributed by atoms with Crippen molar-refractivity contribution >= 4 is 11.6 Å². The van der Waals surface area contributed by atoms with Crippen molar-refractivity contribution in [2.75, 3.05) is 6.54 Å². The van der Waals surface area contributed by atoms with Gasteiger partial charge in [-0.25, -0.2) is 9.50 Å². The Balaban J connectivity index is 1.43. The average Bonchev–Trinajstić information content (AvgIpc) is 3.48. The van der Waals surface area contributed by atoms with Crippen LogP contribution in [-0.2, 0) is 0 Å². The smallest absolute Gasteiger partial charge is 0.269 e. The van der Waals surface area contributed by atoms with Gasteiger partial charge in [0, 0.05) is 29.4 Å². The molecule has 0 bridgehead atoms. The molecule has 0 atom stereocenters. The van der Waals surface area contributed by atoms with Crippen molar-refractivity contribution in [3.05, 3.63) is 35.4 Å². The molecule has 1 aliphatic carbocycles. The predicted octanol–water partition coefficient (Wildman–Crippen LogP) is 4.62. The number of aromatic amines is 1. The van der Waals surface area contributed by atoms with Crippen LogP contribution in [0.5, 0.6) is 0 Å². The highest BCUT2D eigenvalue weighted by molar-refractivity contribution is 5.96. The topological polar surface area (TPSA) is 100 Å². The molecule has 1 aliphatic rings. The van der Waals surface area contributed by atoms with Crippen molar-refractivity contribution in [2.24, 2.45) is 5.92 Å². The number of aryl methyl sites for hydroxylation is 1. The normalized spacial score (nSPS) is 18.8. The van der Waals surface area contributed by atoms with Gasteiger partial charge in [-0.3, -0.25) is 9.89 Å². The lowest BCUT2D eigenvalue weighted by atomic mass is 9.90. The minimum absolute atomic E-state index is 0.0607. The monoisotopic (exact) mass is 465 g/mol. The van der Waals surface area contributed by atoms with Gasteiger partial charge in [-0.1, -0.05) is 40.5 Å². The Bertz CT molecular complexity index is 1100. The second-order valence-corrected chi connectivity index (χ2v) is 10.1. The Morgan fingerprint density at radius 2 is 1.88 bits per heavy atom. The summed E-state index contributed by atoms with van der Waals surface area (Å²) in [5, 5.41) is 18.9. The van der Waals surface area contributed by atoms with Gasteiger partial charge < -0.3 is 10.6 Å². The highest BCUT2D eigenvalue weighted by Crippen LogP contribution is 2.31. The first-order valence-corrected chi connectivity index (χ1v) is 12.8. The second-order valence-electron chi connectivity index (χ2n) is 10.1. The van der Waals surface area contributed by atoms with Crippen LogP contribution in [0.15, 0.2) is 18.6 Å². The number of rotatable bonds is 9. The SMILES string of the molecule is CCC(CC)CNC1CCC(NC(=O)c2[nH]nc(-c3cc(C)c4ncnn4c3)c2C(C)C)CC1. The number of carbonyl (C=O) groups excluding carboxylic acids is 1. The molecule has 34 heavy (non-hydrogen) atoms. The van der Waals surface area contributed by atoms with E-state index in [1.165, 1.54) is 12.8 Å². The Kier molecular flexibility index (Phi) is 7.66. The van der Waals surface area contributed by atoms with Crippen LogP contribution in [-0.4, -0.2) is 49.3 Å². The van der Waals surface area contributed by atoms with Crippen molar-refractivity contribution in [3.8, 4) is 11.3 Å². The first-order chi connectivity index (χ1) is 16.4. The number of H-pyrrole nitrogens is 1. The number of amides is 1. The number of carbonyl (C=O) groups is 1. The molecular formula is C26H39N7O. The molecule has 0 saturated heterocycles. The van der Waals surface area contributed by atoms with Gasteiger partial charge in [0.15, 0.2) is 5.65 Å². The molecule has 3 aromatic heterocycles. The molecule has 1 amide bonds. The van der Waals surface area contributed by atoms with E-state index in [9.17, 15) is 4.79 Å². The fourth-order valence-corrected chi connectivity index (χ4v) is 5.14. The molecule has 1 saturated carbocycles. The van der Waals surface area contributed by atoms with Crippen LogP contribution in [0.3, 0.4) is 0 Å². The van der Waals surface area contributed by atoms with Crippen LogP contribution in [0.1, 0.15) is 93.8 Å². The van der Waals surface area contributed by atoms with Gasteiger partial charge in [0.1, 0.15) is 12.0 Å². The maximum absolute atomic E-state index is 13.3. The van der Waals surface area contributed by atoms with E-state index in [1.807, 2.05) is 13.1 Å². The van der Waals surface area contributed by atoms with Crippen LogP contribution in [0.4, 0.5) is 0 Å². The third-order valence-corrected chi connectivity index (χ3v) is 7.35. The van der Waals surface area contributed by atoms with E-state index in [4.69, 9.17) is 0 Å². The van der Waals surface area contributed by atoms with Crippen LogP contribution in [0.25, 0.3) is 16.9 Å². The Morgan fingerprint density at radius 1 is 1.18 bits per heavy atom. The van der Waals surface area contributed by atoms with E-state index < -0.39 is 0 Å². The van der Waals surface area contributed by atoms with E-state index >= 15 is 0 Å². The zero-order valence-corrected chi connectivity index (χ0v) is 21.2. The molecule has 3 aromatic rings. The fourth-order valence-electron chi connectivity index (χ4n) is 5.14. The molecule has 0 radical (unpaired) electrons. The van der Waals surface area contributed by atoms with Gasteiger partial charge in [-0.05, 0) is 62.6 Å². The molecule has 0 aliphatic heterocycles. The second kappa shape index (κ2) is 10.7. The van der Waals surface area contributed by atoms with E-state index in [0.717, 1.165) is 66.2 Å². The molecule has 184 valence electrons. The van der Waals surface area contributed by atoms with Crippen molar-refractivity contribution in [1.29, 1.82) is 0 Å². The molecule has 0 aromatic carbocycles. The van der Waals surface area contributed by atoms with E-state index in [0.29, 0.717) is 11.7 Å². The lowest BCUT2D eigenvalue weighted by Crippen LogP contribution is -2.43. The molecule has 8 heteroatoms. The van der Waals surface area contributed by atoms with Crippen molar-refractivity contribution in [3.63, 3.8) is 0 Å². The van der Waals surface area contributed by atoms with Crippen molar-refractivity contribution in [1.82, 2.24) is 35.4 Å². The van der Waals surface area contributed by atoms with Crippen LogP contribution in [0.2, 0.25) is 0 Å². The Morgan fingerprint density at radius 3 is 2.56 bits per heavy atom. The largest absolute Gasteiger partial charge is 0.348 e. The molecular weight excluding hydrogens is 426 g/mol. The standard InChI is InChI=1S/C26H39N7O/c1-6-18(7-2)13-27-20-8-10-21(11-9-20)30-26(34)24-22(16(3)4)23(31-32-24)19-12-17(5)25-28-15-29-33(25)14-19/h12,14-16,18,20-21,27H,6-11,13H2,1-5H3,(H,30,34)(H,31,32). The minimum atomic E-state index is -0.0607. The summed E-state index contributed by atoms with van der Waals surface area (Å²) in [6.45, 7) is 11.8. The summed E-state index contributed by atoms with van der Waals surface area (Å²) in [6, 6.07) is 2.83.